The van der Waals surface area contributed by atoms with Crippen molar-refractivity contribution in [2.24, 2.45) is 4.99 Å². The summed E-state index contributed by atoms with van der Waals surface area (Å²) in [4.78, 5) is 24.2. The van der Waals surface area contributed by atoms with Gasteiger partial charge in [-0.25, -0.2) is 4.99 Å². The van der Waals surface area contributed by atoms with Crippen LogP contribution in [0.15, 0.2) is 108 Å². The fourth-order valence-corrected chi connectivity index (χ4v) is 6.00. The molecular formula is C37H38N4O2. The summed E-state index contributed by atoms with van der Waals surface area (Å²) in [5, 5.41) is 15.2. The number of carbonyl (C=O) groups excluding carboxylic acids is 1. The first-order chi connectivity index (χ1) is 21.1. The second kappa shape index (κ2) is 13.1. The summed E-state index contributed by atoms with van der Waals surface area (Å²) in [7, 11) is 0. The van der Waals surface area contributed by atoms with Crippen molar-refractivity contribution in [2.75, 3.05) is 13.1 Å². The molecule has 43 heavy (non-hydrogen) atoms. The molecule has 4 aromatic carbocycles. The van der Waals surface area contributed by atoms with Crippen molar-refractivity contribution in [1.29, 1.82) is 0 Å². The Hall–Kier alpha value is -4.68. The summed E-state index contributed by atoms with van der Waals surface area (Å²) in [6.07, 6.45) is 4.59. The van der Waals surface area contributed by atoms with Crippen LogP contribution in [0.4, 0.5) is 5.69 Å². The maximum Gasteiger partial charge on any atom is 0.251 e. The van der Waals surface area contributed by atoms with Gasteiger partial charge in [0.2, 0.25) is 0 Å². The van der Waals surface area contributed by atoms with Gasteiger partial charge >= 0.3 is 0 Å². The van der Waals surface area contributed by atoms with Crippen molar-refractivity contribution in [3.8, 4) is 5.88 Å². The Bertz CT molecular complexity index is 1720. The molecule has 1 aromatic heterocycles. The second-order valence-corrected chi connectivity index (χ2v) is 11.3. The third-order valence-electron chi connectivity index (χ3n) is 8.25. The highest BCUT2D eigenvalue weighted by Crippen LogP contribution is 2.33. The first kappa shape index (κ1) is 28.4. The molecule has 6 nitrogen and oxygen atoms in total. The summed E-state index contributed by atoms with van der Waals surface area (Å²) in [6, 6.07) is 33.6. The molecule has 0 unspecified atom stereocenters. The van der Waals surface area contributed by atoms with Crippen molar-refractivity contribution in [2.45, 2.75) is 45.2 Å². The van der Waals surface area contributed by atoms with E-state index in [1.165, 1.54) is 24.8 Å². The van der Waals surface area contributed by atoms with Gasteiger partial charge in [-0.05, 0) is 73.8 Å². The minimum Gasteiger partial charge on any atom is -0.494 e. The molecule has 0 radical (unpaired) electrons. The van der Waals surface area contributed by atoms with E-state index < -0.39 is 0 Å². The molecule has 5 aromatic rings. The van der Waals surface area contributed by atoms with Crippen LogP contribution in [0.1, 0.15) is 71.3 Å². The first-order valence-corrected chi connectivity index (χ1v) is 15.3. The smallest absolute Gasteiger partial charge is 0.251 e. The third kappa shape index (κ3) is 6.55. The number of H-pyrrole nitrogens is 1. The van der Waals surface area contributed by atoms with E-state index in [1.807, 2.05) is 78.9 Å². The number of fused-ring (bicyclic) bond motifs is 1. The molecule has 0 aliphatic carbocycles. The average Bonchev–Trinajstić information content (AvgIpc) is 3.38. The summed E-state index contributed by atoms with van der Waals surface area (Å²) in [5.74, 6) is -0.136. The lowest BCUT2D eigenvalue weighted by Crippen LogP contribution is -2.28. The van der Waals surface area contributed by atoms with Crippen molar-refractivity contribution >= 4 is 28.2 Å². The molecular weight excluding hydrogens is 532 g/mol. The third-order valence-corrected chi connectivity index (χ3v) is 8.25. The Morgan fingerprint density at radius 1 is 0.884 bits per heavy atom. The van der Waals surface area contributed by atoms with Gasteiger partial charge in [0.15, 0.2) is 5.88 Å². The molecule has 2 heterocycles. The van der Waals surface area contributed by atoms with Gasteiger partial charge in [0.1, 0.15) is 0 Å². The lowest BCUT2D eigenvalue weighted by molar-refractivity contribution is 0.0935. The normalized spacial score (nSPS) is 15.0. The van der Waals surface area contributed by atoms with Crippen LogP contribution in [0.5, 0.6) is 5.88 Å². The predicted molar refractivity (Wildman–Crippen MR) is 174 cm³/mol. The molecule has 0 spiro atoms. The summed E-state index contributed by atoms with van der Waals surface area (Å²) in [5.41, 5.74) is 6.48. The van der Waals surface area contributed by atoms with Crippen LogP contribution >= 0.6 is 0 Å². The van der Waals surface area contributed by atoms with Gasteiger partial charge in [-0.15, -0.1) is 0 Å². The maximum absolute atomic E-state index is 13.5. The first-order valence-electron chi connectivity index (χ1n) is 15.3. The van der Waals surface area contributed by atoms with Crippen LogP contribution in [0.2, 0.25) is 0 Å². The number of aromatic nitrogens is 1. The Kier molecular flexibility index (Phi) is 8.66. The number of carbonyl (C=O) groups is 1. The monoisotopic (exact) mass is 570 g/mol. The quantitative estimate of drug-likeness (QED) is 0.158. The second-order valence-electron chi connectivity index (χ2n) is 11.3. The zero-order chi connectivity index (χ0) is 29.6. The number of rotatable bonds is 9. The van der Waals surface area contributed by atoms with Crippen molar-refractivity contribution in [1.82, 2.24) is 15.2 Å². The molecule has 1 fully saturated rings. The Labute approximate surface area is 253 Å². The largest absolute Gasteiger partial charge is 0.494 e. The van der Waals surface area contributed by atoms with Crippen LogP contribution in [-0.4, -0.2) is 39.7 Å². The van der Waals surface area contributed by atoms with E-state index in [2.05, 4.69) is 40.3 Å². The number of hydrogen-bond donors (Lipinski definition) is 3. The molecule has 1 atom stereocenters. The standard InChI is InChI=1S/C37H38N4O2/c1-2-32(27-14-6-3-7-15-27)39-36(42)29-19-20-33-31(24-29)34(37(43)40-33)35(28-16-8-4-9-17-28)38-30-18-12-13-26(23-30)25-41-21-10-5-11-22-41/h3-4,6-9,12-20,23-24,32,40,43H,2,5,10-11,21-22,25H2,1H3,(H,39,42)/t32-/m0/s1. The van der Waals surface area contributed by atoms with Crippen molar-refractivity contribution in [3.63, 3.8) is 0 Å². The fourth-order valence-electron chi connectivity index (χ4n) is 6.00. The number of nitrogens with zero attached hydrogens (tertiary/aromatic N) is 2. The van der Waals surface area contributed by atoms with Gasteiger partial charge in [0.25, 0.3) is 5.91 Å². The molecule has 1 saturated heterocycles. The van der Waals surface area contributed by atoms with Crippen molar-refractivity contribution < 1.29 is 9.90 Å². The minimum atomic E-state index is -0.159. The molecule has 6 heteroatoms. The van der Waals surface area contributed by atoms with Gasteiger partial charge in [0.05, 0.1) is 23.0 Å². The SMILES string of the molecule is CC[C@H](NC(=O)c1ccc2[nH]c(O)c(C(=Nc3cccc(CN4CCCCC4)c3)c3ccccc3)c2c1)c1ccccc1. The highest BCUT2D eigenvalue weighted by molar-refractivity contribution is 6.22. The number of hydrogen-bond acceptors (Lipinski definition) is 4. The lowest BCUT2D eigenvalue weighted by Gasteiger charge is -2.26. The number of amides is 1. The Morgan fingerprint density at radius 3 is 2.37 bits per heavy atom. The predicted octanol–water partition coefficient (Wildman–Crippen LogP) is 7.91. The van der Waals surface area contributed by atoms with E-state index in [4.69, 9.17) is 4.99 Å². The zero-order valence-electron chi connectivity index (χ0n) is 24.6. The summed E-state index contributed by atoms with van der Waals surface area (Å²) >= 11 is 0. The van der Waals surface area contributed by atoms with Crippen molar-refractivity contribution in [3.05, 3.63) is 131 Å². The molecule has 218 valence electrons. The molecule has 0 saturated carbocycles. The van der Waals surface area contributed by atoms with Crippen LogP contribution in [0, 0.1) is 0 Å². The van der Waals surface area contributed by atoms with Gasteiger partial charge in [-0.2, -0.15) is 0 Å². The number of aromatic hydroxyl groups is 1. The van der Waals surface area contributed by atoms with Crippen LogP contribution in [-0.2, 0) is 6.54 Å². The van der Waals surface area contributed by atoms with E-state index >= 15 is 0 Å². The zero-order valence-corrected chi connectivity index (χ0v) is 24.6. The van der Waals surface area contributed by atoms with E-state index in [9.17, 15) is 9.90 Å². The molecule has 6 rings (SSSR count). The molecule has 1 amide bonds. The number of aromatic amines is 1. The highest BCUT2D eigenvalue weighted by atomic mass is 16.3. The Balaban J connectivity index is 1.37. The van der Waals surface area contributed by atoms with Crippen LogP contribution in [0.25, 0.3) is 10.9 Å². The average molecular weight is 571 g/mol. The van der Waals surface area contributed by atoms with E-state index in [0.717, 1.165) is 53.8 Å². The molecule has 1 aliphatic heterocycles. The van der Waals surface area contributed by atoms with Gasteiger partial charge in [-0.1, -0.05) is 86.1 Å². The van der Waals surface area contributed by atoms with Crippen LogP contribution in [0.3, 0.4) is 0 Å². The molecule has 3 N–H and O–H groups in total. The molecule has 1 aliphatic rings. The van der Waals surface area contributed by atoms with E-state index in [-0.39, 0.29) is 17.8 Å². The Morgan fingerprint density at radius 2 is 1.63 bits per heavy atom. The summed E-state index contributed by atoms with van der Waals surface area (Å²) in [6.45, 7) is 5.23. The number of aliphatic imine (C=N–C) groups is 1. The number of nitrogens with one attached hydrogen (secondary N) is 2. The topological polar surface area (TPSA) is 80.7 Å². The van der Waals surface area contributed by atoms with Gasteiger partial charge in [-0.3, -0.25) is 9.69 Å². The van der Waals surface area contributed by atoms with Gasteiger partial charge in [0, 0.05) is 28.6 Å². The number of piperidine rings is 1. The van der Waals surface area contributed by atoms with Gasteiger partial charge < -0.3 is 15.4 Å². The van der Waals surface area contributed by atoms with Crippen LogP contribution < -0.4 is 5.32 Å². The van der Waals surface area contributed by atoms with E-state index in [0.29, 0.717) is 16.8 Å². The lowest BCUT2D eigenvalue weighted by atomic mass is 9.99. The maximum atomic E-state index is 13.5. The fraction of sp³-hybridized carbons (Fsp3) is 0.243. The highest BCUT2D eigenvalue weighted by Gasteiger charge is 2.21. The number of likely N-dealkylation sites (tertiary alicyclic amines) is 1. The number of benzene rings is 4. The summed E-state index contributed by atoms with van der Waals surface area (Å²) < 4.78 is 0. The van der Waals surface area contributed by atoms with E-state index in [1.54, 1.807) is 6.07 Å². The molecule has 0 bridgehead atoms. The minimum absolute atomic E-state index is 0.0235.